The molecule has 138 valence electrons. The van der Waals surface area contributed by atoms with Gasteiger partial charge in [-0.15, -0.1) is 0 Å². The normalized spacial score (nSPS) is 12.3. The third-order valence-corrected chi connectivity index (χ3v) is 4.17. The molecule has 2 rings (SSSR count). The molecule has 7 heteroatoms. The molecule has 0 aromatic heterocycles. The van der Waals surface area contributed by atoms with Gasteiger partial charge >= 0.3 is 5.97 Å². The quantitative estimate of drug-likeness (QED) is 0.380. The van der Waals surface area contributed by atoms with Crippen LogP contribution in [0.1, 0.15) is 23.2 Å². The summed E-state index contributed by atoms with van der Waals surface area (Å²) in [5.41, 5.74) is 2.34. The van der Waals surface area contributed by atoms with Crippen molar-refractivity contribution in [2.75, 3.05) is 12.9 Å². The summed E-state index contributed by atoms with van der Waals surface area (Å²) in [7, 11) is -3.71. The van der Waals surface area contributed by atoms with Crippen molar-refractivity contribution in [2.45, 2.75) is 18.9 Å². The maximum Gasteiger partial charge on any atom is 0.338 e. The van der Waals surface area contributed by atoms with Gasteiger partial charge in [-0.3, -0.25) is 4.18 Å². The van der Waals surface area contributed by atoms with Crippen LogP contribution in [0.5, 0.6) is 0 Å². The predicted octanol–water partition coefficient (Wildman–Crippen LogP) is 2.83. The van der Waals surface area contributed by atoms with Crippen molar-refractivity contribution in [3.05, 3.63) is 60.2 Å². The predicted molar refractivity (Wildman–Crippen MR) is 97.2 cm³/mol. The number of esters is 1. The number of benzene rings is 2. The van der Waals surface area contributed by atoms with Gasteiger partial charge in [-0.2, -0.15) is 8.42 Å². The van der Waals surface area contributed by atoms with Gasteiger partial charge in [0.1, 0.15) is 19.0 Å². The molecule has 0 bridgehead atoms. The molecule has 0 fully saturated rings. The lowest BCUT2D eigenvalue weighted by Crippen LogP contribution is -2.25. The van der Waals surface area contributed by atoms with Crippen LogP contribution in [0.15, 0.2) is 54.6 Å². The molecule has 2 aromatic carbocycles. The average Bonchev–Trinajstić information content (AvgIpc) is 2.63. The lowest BCUT2D eigenvalue weighted by atomic mass is 10.0. The number of hydrogen-bond acceptors (Lipinski definition) is 6. The first-order valence-corrected chi connectivity index (χ1v) is 9.85. The number of carbonyl (C=O) groups is 2. The van der Waals surface area contributed by atoms with E-state index >= 15 is 0 Å². The minimum Gasteiger partial charge on any atom is -0.459 e. The molecule has 0 saturated carbocycles. The highest BCUT2D eigenvalue weighted by Gasteiger charge is 2.18. The molecule has 0 heterocycles. The van der Waals surface area contributed by atoms with Crippen LogP contribution < -0.4 is 0 Å². The number of carbonyl (C=O) groups excluding carboxylic acids is 2. The smallest absolute Gasteiger partial charge is 0.338 e. The Morgan fingerprint density at radius 2 is 1.65 bits per heavy atom. The second-order valence-corrected chi connectivity index (χ2v) is 7.31. The Labute approximate surface area is 152 Å². The largest absolute Gasteiger partial charge is 0.459 e. The number of rotatable bonds is 9. The topological polar surface area (TPSA) is 86.7 Å². The Morgan fingerprint density at radius 3 is 2.23 bits per heavy atom. The van der Waals surface area contributed by atoms with E-state index in [2.05, 4.69) is 0 Å². The van der Waals surface area contributed by atoms with E-state index in [1.807, 2.05) is 42.5 Å². The van der Waals surface area contributed by atoms with Crippen LogP contribution in [-0.2, 0) is 23.8 Å². The Balaban J connectivity index is 1.98. The van der Waals surface area contributed by atoms with Crippen LogP contribution in [0.3, 0.4) is 0 Å². The van der Waals surface area contributed by atoms with Crippen LogP contribution in [0.2, 0.25) is 0 Å². The average molecular weight is 376 g/mol. The SMILES string of the molecule is CS(=O)(=O)OC(CCC=O)COC(=O)c1ccc(-c2ccccc2)cc1. The summed E-state index contributed by atoms with van der Waals surface area (Å²) in [4.78, 5) is 22.6. The molecule has 0 aliphatic carbocycles. The van der Waals surface area contributed by atoms with Gasteiger partial charge < -0.3 is 9.53 Å². The number of ether oxygens (including phenoxy) is 1. The van der Waals surface area contributed by atoms with Gasteiger partial charge in [0, 0.05) is 6.42 Å². The zero-order valence-corrected chi connectivity index (χ0v) is 15.1. The van der Waals surface area contributed by atoms with Gasteiger partial charge in [-0.1, -0.05) is 42.5 Å². The van der Waals surface area contributed by atoms with Crippen LogP contribution >= 0.6 is 0 Å². The molecule has 0 aliphatic heterocycles. The molecule has 1 atom stereocenters. The monoisotopic (exact) mass is 376 g/mol. The maximum atomic E-state index is 12.1. The summed E-state index contributed by atoms with van der Waals surface area (Å²) in [6.07, 6.45) is 0.941. The Kier molecular flexibility index (Phi) is 7.06. The van der Waals surface area contributed by atoms with Crippen molar-refractivity contribution in [1.29, 1.82) is 0 Å². The molecule has 0 spiro atoms. The first-order chi connectivity index (χ1) is 12.4. The van der Waals surface area contributed by atoms with Gasteiger partial charge in [0.15, 0.2) is 0 Å². The highest BCUT2D eigenvalue weighted by Crippen LogP contribution is 2.19. The Morgan fingerprint density at radius 1 is 1.04 bits per heavy atom. The number of hydrogen-bond donors (Lipinski definition) is 0. The Bertz CT molecular complexity index is 828. The van der Waals surface area contributed by atoms with E-state index in [0.29, 0.717) is 11.8 Å². The molecule has 1 unspecified atom stereocenters. The first-order valence-electron chi connectivity index (χ1n) is 8.03. The van der Waals surface area contributed by atoms with E-state index in [4.69, 9.17) is 8.92 Å². The zero-order valence-electron chi connectivity index (χ0n) is 14.3. The summed E-state index contributed by atoms with van der Waals surface area (Å²) in [5, 5.41) is 0. The van der Waals surface area contributed by atoms with Crippen LogP contribution in [-0.4, -0.2) is 39.6 Å². The molecule has 0 amide bonds. The van der Waals surface area contributed by atoms with Crippen molar-refractivity contribution in [2.24, 2.45) is 0 Å². The van der Waals surface area contributed by atoms with Gasteiger partial charge in [-0.25, -0.2) is 4.79 Å². The van der Waals surface area contributed by atoms with E-state index in [1.165, 1.54) is 0 Å². The summed E-state index contributed by atoms with van der Waals surface area (Å²) in [6, 6.07) is 16.6. The maximum absolute atomic E-state index is 12.1. The van der Waals surface area contributed by atoms with Crippen molar-refractivity contribution in [3.63, 3.8) is 0 Å². The third-order valence-electron chi connectivity index (χ3n) is 3.55. The molecule has 2 aromatic rings. The minimum absolute atomic E-state index is 0.115. The standard InChI is InChI=1S/C19H20O6S/c1-26(22,23)25-18(8-5-13-20)14-24-19(21)17-11-9-16(10-12-17)15-6-3-2-4-7-15/h2-4,6-7,9-13,18H,5,8,14H2,1H3. The lowest BCUT2D eigenvalue weighted by molar-refractivity contribution is -0.108. The van der Waals surface area contributed by atoms with Crippen LogP contribution in [0.4, 0.5) is 0 Å². The van der Waals surface area contributed by atoms with Crippen LogP contribution in [0.25, 0.3) is 11.1 Å². The van der Waals surface area contributed by atoms with Gasteiger partial charge in [0.2, 0.25) is 0 Å². The van der Waals surface area contributed by atoms with Crippen molar-refractivity contribution >= 4 is 22.4 Å². The van der Waals surface area contributed by atoms with Crippen molar-refractivity contribution in [3.8, 4) is 11.1 Å². The van der Waals surface area contributed by atoms with E-state index in [0.717, 1.165) is 17.4 Å². The van der Waals surface area contributed by atoms with E-state index in [9.17, 15) is 18.0 Å². The minimum atomic E-state index is -3.71. The first kappa shape index (κ1) is 19.8. The Hall–Kier alpha value is -2.51. The van der Waals surface area contributed by atoms with Gasteiger partial charge in [0.05, 0.1) is 11.8 Å². The second kappa shape index (κ2) is 9.26. The third kappa shape index (κ3) is 6.42. The summed E-state index contributed by atoms with van der Waals surface area (Å²) < 4.78 is 32.5. The fraction of sp³-hybridized carbons (Fsp3) is 0.263. The van der Waals surface area contributed by atoms with Crippen molar-refractivity contribution < 1.29 is 26.9 Å². The van der Waals surface area contributed by atoms with E-state index in [1.54, 1.807) is 12.1 Å². The molecule has 0 saturated heterocycles. The van der Waals surface area contributed by atoms with Gasteiger partial charge in [0.25, 0.3) is 10.1 Å². The second-order valence-electron chi connectivity index (χ2n) is 5.71. The highest BCUT2D eigenvalue weighted by atomic mass is 32.2. The van der Waals surface area contributed by atoms with E-state index < -0.39 is 22.2 Å². The molecular formula is C19H20O6S. The molecule has 0 radical (unpaired) electrons. The summed E-state index contributed by atoms with van der Waals surface area (Å²) >= 11 is 0. The summed E-state index contributed by atoms with van der Waals surface area (Å²) in [6.45, 7) is -0.250. The van der Waals surface area contributed by atoms with Gasteiger partial charge in [-0.05, 0) is 29.7 Å². The lowest BCUT2D eigenvalue weighted by Gasteiger charge is -2.15. The zero-order chi connectivity index (χ0) is 19.0. The molecule has 26 heavy (non-hydrogen) atoms. The van der Waals surface area contributed by atoms with E-state index in [-0.39, 0.29) is 19.4 Å². The van der Waals surface area contributed by atoms with Crippen molar-refractivity contribution in [1.82, 2.24) is 0 Å². The molecule has 0 aliphatic rings. The molecule has 0 N–H and O–H groups in total. The fourth-order valence-electron chi connectivity index (χ4n) is 2.34. The fourth-order valence-corrected chi connectivity index (χ4v) is 2.99. The highest BCUT2D eigenvalue weighted by molar-refractivity contribution is 7.86. The molecule has 6 nitrogen and oxygen atoms in total. The summed E-state index contributed by atoms with van der Waals surface area (Å²) in [5.74, 6) is -0.585. The molecular weight excluding hydrogens is 356 g/mol. The number of aldehydes is 1. The van der Waals surface area contributed by atoms with Crippen LogP contribution in [0, 0.1) is 0 Å².